The number of benzene rings is 1. The van der Waals surface area contributed by atoms with E-state index in [1.54, 1.807) is 12.1 Å². The normalized spacial score (nSPS) is 19.3. The summed E-state index contributed by atoms with van der Waals surface area (Å²) in [5.41, 5.74) is 2.56. The molecule has 1 unspecified atom stereocenters. The summed E-state index contributed by atoms with van der Waals surface area (Å²) < 4.78 is 41.4. The molecule has 7 heteroatoms. The van der Waals surface area contributed by atoms with Crippen LogP contribution in [0.3, 0.4) is 0 Å². The zero-order chi connectivity index (χ0) is 20.6. The van der Waals surface area contributed by atoms with Gasteiger partial charge >= 0.3 is 6.36 Å². The molecule has 1 aliphatic heterocycles. The number of hydrogen-bond acceptors (Lipinski definition) is 4. The lowest BCUT2D eigenvalue weighted by atomic mass is 9.94. The van der Waals surface area contributed by atoms with Gasteiger partial charge in [-0.15, -0.1) is 19.8 Å². The van der Waals surface area contributed by atoms with Crippen molar-refractivity contribution < 1.29 is 17.9 Å². The molecule has 1 aliphatic carbocycles. The van der Waals surface area contributed by atoms with Crippen molar-refractivity contribution in [1.82, 2.24) is 9.97 Å². The molecule has 1 atom stereocenters. The number of anilines is 1. The van der Waals surface area contributed by atoms with E-state index in [2.05, 4.69) is 28.4 Å². The lowest BCUT2D eigenvalue weighted by molar-refractivity contribution is -0.274. The minimum Gasteiger partial charge on any atom is -0.406 e. The smallest absolute Gasteiger partial charge is 0.406 e. The van der Waals surface area contributed by atoms with Gasteiger partial charge in [0.15, 0.2) is 0 Å². The first-order chi connectivity index (χ1) is 13.9. The van der Waals surface area contributed by atoms with Crippen LogP contribution in [0, 0.1) is 0 Å². The van der Waals surface area contributed by atoms with Gasteiger partial charge in [0.2, 0.25) is 0 Å². The summed E-state index contributed by atoms with van der Waals surface area (Å²) in [7, 11) is 2.00. The van der Waals surface area contributed by atoms with E-state index in [0.29, 0.717) is 0 Å². The fourth-order valence-corrected chi connectivity index (χ4v) is 3.99. The Labute approximate surface area is 167 Å². The molecule has 29 heavy (non-hydrogen) atoms. The second-order valence-electron chi connectivity index (χ2n) is 7.40. The highest BCUT2D eigenvalue weighted by Gasteiger charge is 2.32. The van der Waals surface area contributed by atoms with Gasteiger partial charge in [0.25, 0.3) is 0 Å². The van der Waals surface area contributed by atoms with Crippen LogP contribution in [0.1, 0.15) is 36.6 Å². The molecule has 1 aromatic carbocycles. The van der Waals surface area contributed by atoms with Crippen LogP contribution < -0.4 is 9.64 Å². The molecule has 0 saturated carbocycles. The van der Waals surface area contributed by atoms with E-state index in [0.717, 1.165) is 54.1 Å². The molecule has 0 saturated heterocycles. The molecule has 2 aliphatic rings. The molecular formula is C22H22F3N3O. The first-order valence-corrected chi connectivity index (χ1v) is 9.63. The van der Waals surface area contributed by atoms with Crippen molar-refractivity contribution in [3.8, 4) is 17.0 Å². The van der Waals surface area contributed by atoms with Crippen molar-refractivity contribution in [3.05, 3.63) is 60.5 Å². The van der Waals surface area contributed by atoms with Gasteiger partial charge in [0, 0.05) is 30.1 Å². The summed E-state index contributed by atoms with van der Waals surface area (Å²) in [5.74, 6) is 1.64. The van der Waals surface area contributed by atoms with Crippen molar-refractivity contribution in [2.24, 2.45) is 0 Å². The summed E-state index contributed by atoms with van der Waals surface area (Å²) >= 11 is 0. The summed E-state index contributed by atoms with van der Waals surface area (Å²) in [6.07, 6.45) is 4.94. The molecule has 0 amide bonds. The van der Waals surface area contributed by atoms with Crippen LogP contribution >= 0.6 is 0 Å². The molecule has 4 nitrogen and oxygen atoms in total. The number of nitrogens with zero attached hydrogens (tertiary/aromatic N) is 3. The van der Waals surface area contributed by atoms with Crippen LogP contribution in [-0.4, -0.2) is 29.4 Å². The Morgan fingerprint density at radius 2 is 1.83 bits per heavy atom. The Kier molecular flexibility index (Phi) is 5.06. The Bertz CT molecular complexity index is 930. The van der Waals surface area contributed by atoms with Crippen molar-refractivity contribution in [1.29, 1.82) is 0 Å². The largest absolute Gasteiger partial charge is 0.573 e. The number of likely N-dealkylation sites (N-methyl/N-ethyl adjacent to an activating group) is 1. The Balaban J connectivity index is 1.76. The van der Waals surface area contributed by atoms with Crippen LogP contribution in [0.4, 0.5) is 19.0 Å². The summed E-state index contributed by atoms with van der Waals surface area (Å²) in [6, 6.07) is 6.10. The fourth-order valence-electron chi connectivity index (χ4n) is 3.99. The molecule has 0 spiro atoms. The molecule has 0 radical (unpaired) electrons. The van der Waals surface area contributed by atoms with Crippen LogP contribution in [0.5, 0.6) is 5.75 Å². The van der Waals surface area contributed by atoms with Crippen molar-refractivity contribution in [2.75, 3.05) is 11.9 Å². The SMILES string of the molecule is C=CC1CCc2c(-c3ccc(OC(F)(F)F)cc3)nc(C3CC=CC3)nc2N1C. The number of rotatable bonds is 4. The Morgan fingerprint density at radius 3 is 2.45 bits per heavy atom. The van der Waals surface area contributed by atoms with Crippen LogP contribution in [0.2, 0.25) is 0 Å². The van der Waals surface area contributed by atoms with E-state index in [4.69, 9.17) is 9.97 Å². The second kappa shape index (κ2) is 7.54. The van der Waals surface area contributed by atoms with Gasteiger partial charge in [0.05, 0.1) is 5.69 Å². The average molecular weight is 401 g/mol. The van der Waals surface area contributed by atoms with Crippen molar-refractivity contribution in [3.63, 3.8) is 0 Å². The maximum absolute atomic E-state index is 12.5. The highest BCUT2D eigenvalue weighted by Crippen LogP contribution is 2.38. The number of halogens is 3. The molecule has 0 fully saturated rings. The number of allylic oxidation sites excluding steroid dienone is 2. The zero-order valence-corrected chi connectivity index (χ0v) is 16.1. The number of alkyl halides is 3. The predicted molar refractivity (Wildman–Crippen MR) is 106 cm³/mol. The van der Waals surface area contributed by atoms with Crippen LogP contribution in [-0.2, 0) is 6.42 Å². The van der Waals surface area contributed by atoms with Crippen LogP contribution in [0.15, 0.2) is 49.1 Å². The molecule has 0 N–H and O–H groups in total. The first kappa shape index (κ1) is 19.5. The van der Waals surface area contributed by atoms with E-state index >= 15 is 0 Å². The predicted octanol–water partition coefficient (Wildman–Crippen LogP) is 5.41. The quantitative estimate of drug-likeness (QED) is 0.642. The second-order valence-corrected chi connectivity index (χ2v) is 7.40. The molecule has 1 aromatic heterocycles. The number of ether oxygens (including phenoxy) is 1. The van der Waals surface area contributed by atoms with Gasteiger partial charge in [-0.25, -0.2) is 9.97 Å². The van der Waals surface area contributed by atoms with Gasteiger partial charge in [-0.05, 0) is 49.9 Å². The number of hydrogen-bond donors (Lipinski definition) is 0. The molecule has 152 valence electrons. The summed E-state index contributed by atoms with van der Waals surface area (Å²) in [5, 5.41) is 0. The molecular weight excluding hydrogens is 379 g/mol. The lowest BCUT2D eigenvalue weighted by Gasteiger charge is -2.34. The van der Waals surface area contributed by atoms with Crippen molar-refractivity contribution >= 4 is 5.82 Å². The molecule has 2 heterocycles. The topological polar surface area (TPSA) is 38.3 Å². The summed E-state index contributed by atoms with van der Waals surface area (Å²) in [4.78, 5) is 11.9. The van der Waals surface area contributed by atoms with Gasteiger partial charge in [-0.3, -0.25) is 0 Å². The lowest BCUT2D eigenvalue weighted by Crippen LogP contribution is -2.36. The first-order valence-electron chi connectivity index (χ1n) is 9.63. The standard InChI is InChI=1S/C22H22F3N3O/c1-3-16-10-13-18-19(14-8-11-17(12-9-14)29-22(23,24)25)26-20(15-6-4-5-7-15)27-21(18)28(16)2/h3-5,8-9,11-12,15-16H,1,6-7,10,13H2,2H3. The molecule has 4 rings (SSSR count). The highest BCUT2D eigenvalue weighted by molar-refractivity contribution is 5.71. The highest BCUT2D eigenvalue weighted by atomic mass is 19.4. The third kappa shape index (κ3) is 3.99. The third-order valence-corrected chi connectivity index (χ3v) is 5.53. The van der Waals surface area contributed by atoms with Gasteiger partial charge < -0.3 is 9.64 Å². The average Bonchev–Trinajstić information content (AvgIpc) is 3.22. The van der Waals surface area contributed by atoms with E-state index in [-0.39, 0.29) is 17.7 Å². The fraction of sp³-hybridized carbons (Fsp3) is 0.364. The van der Waals surface area contributed by atoms with Crippen LogP contribution in [0.25, 0.3) is 11.3 Å². The minimum atomic E-state index is -4.71. The van der Waals surface area contributed by atoms with Gasteiger partial charge in [-0.1, -0.05) is 18.2 Å². The van der Waals surface area contributed by atoms with Gasteiger partial charge in [-0.2, -0.15) is 0 Å². The minimum absolute atomic E-state index is 0.197. The third-order valence-electron chi connectivity index (χ3n) is 5.53. The monoisotopic (exact) mass is 401 g/mol. The maximum atomic E-state index is 12.5. The Morgan fingerprint density at radius 1 is 1.14 bits per heavy atom. The van der Waals surface area contributed by atoms with Crippen molar-refractivity contribution in [2.45, 2.75) is 44.0 Å². The molecule has 2 aromatic rings. The number of aromatic nitrogens is 2. The van der Waals surface area contributed by atoms with Gasteiger partial charge in [0.1, 0.15) is 17.4 Å². The zero-order valence-electron chi connectivity index (χ0n) is 16.1. The number of fused-ring (bicyclic) bond motifs is 1. The Hall–Kier alpha value is -2.83. The van der Waals surface area contributed by atoms with E-state index in [9.17, 15) is 13.2 Å². The van der Waals surface area contributed by atoms with E-state index in [1.165, 1.54) is 12.1 Å². The van der Waals surface area contributed by atoms with E-state index < -0.39 is 6.36 Å². The maximum Gasteiger partial charge on any atom is 0.573 e. The summed E-state index contributed by atoms with van der Waals surface area (Å²) in [6.45, 7) is 3.93. The molecule has 0 bridgehead atoms. The van der Waals surface area contributed by atoms with E-state index in [1.807, 2.05) is 13.1 Å².